The van der Waals surface area contributed by atoms with Crippen LogP contribution in [0.1, 0.15) is 80.8 Å². The minimum absolute atomic E-state index is 0.0419. The number of allylic oxidation sites excluding steroid dienone is 1. The highest BCUT2D eigenvalue weighted by Crippen LogP contribution is 2.45. The average Bonchev–Trinajstić information content (AvgIpc) is 2.98. The number of ether oxygens (including phenoxy) is 4. The number of benzene rings is 2. The highest BCUT2D eigenvalue weighted by atomic mass is 19.4. The van der Waals surface area contributed by atoms with Crippen LogP contribution in [0.15, 0.2) is 49.1 Å². The molecule has 0 N–H and O–H groups in total. The van der Waals surface area contributed by atoms with Crippen molar-refractivity contribution in [3.63, 3.8) is 0 Å². The summed E-state index contributed by atoms with van der Waals surface area (Å²) >= 11 is 0. The van der Waals surface area contributed by atoms with Crippen LogP contribution in [0.25, 0.3) is 0 Å². The summed E-state index contributed by atoms with van der Waals surface area (Å²) in [5.74, 6) is -4.10. The fraction of sp³-hybridized carbons (Fsp3) is 0.576. The smallest absolute Gasteiger partial charge is 0.432 e. The molecule has 2 aromatic carbocycles. The Hall–Kier alpha value is -2.79. The maximum Gasteiger partial charge on any atom is 0.573 e. The predicted octanol–water partition coefficient (Wildman–Crippen LogP) is 9.65. The van der Waals surface area contributed by atoms with Crippen molar-refractivity contribution >= 4 is 0 Å². The van der Waals surface area contributed by atoms with Crippen molar-refractivity contribution in [2.75, 3.05) is 13.2 Å². The van der Waals surface area contributed by atoms with Crippen molar-refractivity contribution in [1.29, 1.82) is 0 Å². The third-order valence-electron chi connectivity index (χ3n) is 9.17. The molecule has 3 fully saturated rings. The molecule has 2 aromatic rings. The molecule has 2 aliphatic carbocycles. The van der Waals surface area contributed by atoms with E-state index in [1.807, 2.05) is 12.1 Å². The van der Waals surface area contributed by atoms with Gasteiger partial charge in [0.05, 0.1) is 19.1 Å². The summed E-state index contributed by atoms with van der Waals surface area (Å²) in [4.78, 5) is 0. The third kappa shape index (κ3) is 8.07. The fourth-order valence-corrected chi connectivity index (χ4v) is 6.79. The molecule has 0 spiro atoms. The summed E-state index contributed by atoms with van der Waals surface area (Å²) in [5, 5.41) is 0. The van der Waals surface area contributed by atoms with Gasteiger partial charge in [0, 0.05) is 17.9 Å². The molecule has 0 unspecified atom stereocenters. The molecule has 0 radical (unpaired) electrons. The first kappa shape index (κ1) is 32.6. The monoisotopic (exact) mass is 630 g/mol. The van der Waals surface area contributed by atoms with E-state index >= 15 is 4.39 Å². The van der Waals surface area contributed by atoms with Crippen molar-refractivity contribution in [2.45, 2.75) is 88.4 Å². The van der Waals surface area contributed by atoms with E-state index in [0.29, 0.717) is 55.6 Å². The van der Waals surface area contributed by atoms with Crippen molar-refractivity contribution in [3.8, 4) is 11.5 Å². The van der Waals surface area contributed by atoms with E-state index < -0.39 is 35.7 Å². The zero-order valence-electron chi connectivity index (χ0n) is 24.3. The van der Waals surface area contributed by atoms with Crippen LogP contribution in [-0.4, -0.2) is 32.0 Å². The predicted molar refractivity (Wildman–Crippen MR) is 148 cm³/mol. The van der Waals surface area contributed by atoms with Gasteiger partial charge in [0.15, 0.2) is 17.9 Å². The fourth-order valence-electron chi connectivity index (χ4n) is 6.79. The molecule has 0 aromatic heterocycles. The molecular formula is C33H37F7O4. The van der Waals surface area contributed by atoms with Gasteiger partial charge in [-0.15, -0.1) is 19.8 Å². The average molecular weight is 631 g/mol. The largest absolute Gasteiger partial charge is 0.573 e. The van der Waals surface area contributed by atoms with Gasteiger partial charge in [-0.2, -0.15) is 8.78 Å². The standard InChI is InChI=1S/C33H37F7O4/c1-2-3-20-18-41-31(42-19-20)23-6-4-21(5-7-23)24-10-14-27(28(34)16-24)22-8-11-25(12-9-22)32(36,37)43-26-13-15-30(29(35)17-26)44-33(38,39)40/h2,10,13-17,20-23,25,31H,1,3-9,11-12,18-19H2. The number of hydrogen-bond acceptors (Lipinski definition) is 4. The molecule has 5 rings (SSSR count). The summed E-state index contributed by atoms with van der Waals surface area (Å²) in [7, 11) is 0. The van der Waals surface area contributed by atoms with Crippen LogP contribution in [0.3, 0.4) is 0 Å². The number of rotatable bonds is 9. The minimum Gasteiger partial charge on any atom is -0.432 e. The van der Waals surface area contributed by atoms with E-state index in [0.717, 1.165) is 43.7 Å². The maximum atomic E-state index is 15.3. The Bertz CT molecular complexity index is 1260. The van der Waals surface area contributed by atoms with E-state index in [2.05, 4.69) is 11.3 Å². The van der Waals surface area contributed by atoms with E-state index in [4.69, 9.17) is 14.2 Å². The minimum atomic E-state index is -5.12. The number of hydrogen-bond donors (Lipinski definition) is 0. The van der Waals surface area contributed by atoms with Gasteiger partial charge in [-0.05, 0) is 98.9 Å². The quantitative estimate of drug-likeness (QED) is 0.204. The SMILES string of the molecule is C=CCC1COC(C2CCC(c3ccc(C4CCC(C(F)(F)Oc5ccc(OC(F)(F)F)c(F)c5)CC4)c(F)c3)CC2)OC1. The Morgan fingerprint density at radius 2 is 1.43 bits per heavy atom. The van der Waals surface area contributed by atoms with Crippen molar-refractivity contribution in [1.82, 2.24) is 0 Å². The van der Waals surface area contributed by atoms with Crippen LogP contribution >= 0.6 is 0 Å². The second-order valence-electron chi connectivity index (χ2n) is 12.2. The van der Waals surface area contributed by atoms with Crippen LogP contribution in [0.4, 0.5) is 30.7 Å². The van der Waals surface area contributed by atoms with Gasteiger partial charge in [-0.25, -0.2) is 8.78 Å². The summed E-state index contributed by atoms with van der Waals surface area (Å²) in [5.41, 5.74) is 1.44. The Labute approximate surface area is 252 Å². The van der Waals surface area contributed by atoms with Crippen LogP contribution in [-0.2, 0) is 9.47 Å². The van der Waals surface area contributed by atoms with Gasteiger partial charge in [-0.1, -0.05) is 18.2 Å². The van der Waals surface area contributed by atoms with Crippen LogP contribution in [0, 0.1) is 29.4 Å². The van der Waals surface area contributed by atoms with Crippen molar-refractivity contribution < 1.29 is 49.7 Å². The van der Waals surface area contributed by atoms with E-state index in [1.165, 1.54) is 0 Å². The first-order valence-electron chi connectivity index (χ1n) is 15.2. The summed E-state index contributed by atoms with van der Waals surface area (Å²) in [6.07, 6.45) is -1.86. The third-order valence-corrected chi connectivity index (χ3v) is 9.17. The Morgan fingerprint density at radius 3 is 2.02 bits per heavy atom. The summed E-state index contributed by atoms with van der Waals surface area (Å²) in [6.45, 7) is 5.12. The second kappa shape index (κ2) is 13.7. The lowest BCUT2D eigenvalue weighted by atomic mass is 9.76. The lowest BCUT2D eigenvalue weighted by molar-refractivity contribution is -0.275. The first-order chi connectivity index (χ1) is 20.9. The Morgan fingerprint density at radius 1 is 0.773 bits per heavy atom. The number of alkyl halides is 5. The van der Waals surface area contributed by atoms with Crippen LogP contribution in [0.5, 0.6) is 11.5 Å². The lowest BCUT2D eigenvalue weighted by Crippen LogP contribution is -2.38. The molecule has 0 atom stereocenters. The van der Waals surface area contributed by atoms with Gasteiger partial charge in [-0.3, -0.25) is 0 Å². The molecule has 44 heavy (non-hydrogen) atoms. The molecule has 1 heterocycles. The summed E-state index contributed by atoms with van der Waals surface area (Å²) in [6, 6.07) is 7.12. The molecule has 2 saturated carbocycles. The van der Waals surface area contributed by atoms with Gasteiger partial charge in [0.1, 0.15) is 11.6 Å². The second-order valence-corrected chi connectivity index (χ2v) is 12.2. The molecule has 242 valence electrons. The van der Waals surface area contributed by atoms with Crippen LogP contribution in [0.2, 0.25) is 0 Å². The molecule has 3 aliphatic rings. The summed E-state index contributed by atoms with van der Waals surface area (Å²) < 4.78 is 116. The van der Waals surface area contributed by atoms with Gasteiger partial charge >= 0.3 is 12.5 Å². The molecule has 1 saturated heterocycles. The maximum absolute atomic E-state index is 15.3. The molecule has 0 amide bonds. The molecular weight excluding hydrogens is 593 g/mol. The van der Waals surface area contributed by atoms with E-state index in [-0.39, 0.29) is 36.8 Å². The lowest BCUT2D eigenvalue weighted by Gasteiger charge is -2.37. The number of halogens is 7. The molecule has 11 heteroatoms. The van der Waals surface area contributed by atoms with Crippen molar-refractivity contribution in [2.24, 2.45) is 17.8 Å². The topological polar surface area (TPSA) is 36.9 Å². The van der Waals surface area contributed by atoms with Crippen LogP contribution < -0.4 is 9.47 Å². The zero-order valence-corrected chi connectivity index (χ0v) is 24.3. The highest BCUT2D eigenvalue weighted by Gasteiger charge is 2.45. The van der Waals surface area contributed by atoms with Gasteiger partial charge in [0.25, 0.3) is 0 Å². The van der Waals surface area contributed by atoms with Gasteiger partial charge in [0.2, 0.25) is 0 Å². The first-order valence-corrected chi connectivity index (χ1v) is 15.2. The molecule has 0 bridgehead atoms. The molecule has 1 aliphatic heterocycles. The molecule has 4 nitrogen and oxygen atoms in total. The van der Waals surface area contributed by atoms with E-state index in [1.54, 1.807) is 12.1 Å². The highest BCUT2D eigenvalue weighted by molar-refractivity contribution is 5.34. The van der Waals surface area contributed by atoms with Gasteiger partial charge < -0.3 is 18.9 Å². The normalized spacial score (nSPS) is 28.3. The zero-order chi connectivity index (χ0) is 31.5. The van der Waals surface area contributed by atoms with E-state index in [9.17, 15) is 26.3 Å². The Kier molecular flexibility index (Phi) is 10.1. The Balaban J connectivity index is 1.11. The van der Waals surface area contributed by atoms with Crippen molar-refractivity contribution in [3.05, 3.63) is 71.8 Å².